The van der Waals surface area contributed by atoms with E-state index in [-0.39, 0.29) is 16.8 Å². The van der Waals surface area contributed by atoms with Crippen LogP contribution in [-0.4, -0.2) is 33.6 Å². The average Bonchev–Trinajstić information content (AvgIpc) is 3.00. The molecular weight excluding hydrogens is 428 g/mol. The molecule has 172 valence electrons. The summed E-state index contributed by atoms with van der Waals surface area (Å²) in [5.41, 5.74) is 0.908. The second-order valence-corrected chi connectivity index (χ2v) is 10.0. The Kier molecular flexibility index (Phi) is 7.19. The Morgan fingerprint density at radius 3 is 2.19 bits per heavy atom. The molecule has 32 heavy (non-hydrogen) atoms. The highest BCUT2D eigenvalue weighted by atomic mass is 32.2. The number of carbonyl (C=O) groups is 1. The molecule has 7 nitrogen and oxygen atoms in total. The molecule has 2 aromatic carbocycles. The fraction of sp³-hybridized carbons (Fsp3) is 0.458. The van der Waals surface area contributed by atoms with Gasteiger partial charge in [-0.05, 0) is 49.2 Å². The van der Waals surface area contributed by atoms with Gasteiger partial charge in [-0.3, -0.25) is 9.52 Å². The molecule has 1 saturated carbocycles. The number of rotatable bonds is 5. The van der Waals surface area contributed by atoms with Crippen LogP contribution in [0.25, 0.3) is 0 Å². The van der Waals surface area contributed by atoms with Gasteiger partial charge >= 0.3 is 0 Å². The van der Waals surface area contributed by atoms with Gasteiger partial charge in [-0.15, -0.1) is 0 Å². The van der Waals surface area contributed by atoms with Crippen molar-refractivity contribution < 1.29 is 22.7 Å². The standard InChI is InChI=1S/C24H30N2O5S/c27-24(25-19-7-4-2-1-3-5-8-19)18-9-11-20(12-10-18)26-32(28,29)21-13-14-22-23(17-21)31-16-6-15-30-22/h9-14,17,19,26H,1-8,15-16H2,(H,25,27). The van der Waals surface area contributed by atoms with Crippen LogP contribution < -0.4 is 19.5 Å². The largest absolute Gasteiger partial charge is 0.490 e. The number of nitrogens with one attached hydrogen (secondary N) is 2. The molecule has 0 saturated heterocycles. The minimum Gasteiger partial charge on any atom is -0.490 e. The van der Waals surface area contributed by atoms with Crippen LogP contribution in [0, 0.1) is 0 Å². The lowest BCUT2D eigenvalue weighted by atomic mass is 9.96. The lowest BCUT2D eigenvalue weighted by Crippen LogP contribution is -2.35. The summed E-state index contributed by atoms with van der Waals surface area (Å²) in [6.07, 6.45) is 8.80. The van der Waals surface area contributed by atoms with Gasteiger partial charge in [-0.1, -0.05) is 32.1 Å². The number of amides is 1. The topological polar surface area (TPSA) is 93.7 Å². The molecule has 1 amide bonds. The monoisotopic (exact) mass is 458 g/mol. The number of fused-ring (bicyclic) bond motifs is 1. The second kappa shape index (κ2) is 10.3. The molecule has 0 unspecified atom stereocenters. The first-order chi connectivity index (χ1) is 15.5. The summed E-state index contributed by atoms with van der Waals surface area (Å²) < 4.78 is 39.4. The molecule has 0 bridgehead atoms. The lowest BCUT2D eigenvalue weighted by Gasteiger charge is -2.21. The first kappa shape index (κ1) is 22.5. The zero-order chi connectivity index (χ0) is 22.4. The van der Waals surface area contributed by atoms with Gasteiger partial charge in [0.25, 0.3) is 15.9 Å². The first-order valence-electron chi connectivity index (χ1n) is 11.3. The number of hydrogen-bond donors (Lipinski definition) is 2. The predicted octanol–water partition coefficient (Wildman–Crippen LogP) is 4.49. The SMILES string of the molecule is O=C(NC1CCCCCCC1)c1ccc(NS(=O)(=O)c2ccc3c(c2)OCCCO3)cc1. The molecule has 0 radical (unpaired) electrons. The Balaban J connectivity index is 1.40. The molecule has 2 aliphatic rings. The molecule has 2 aromatic rings. The van der Waals surface area contributed by atoms with E-state index in [2.05, 4.69) is 10.0 Å². The van der Waals surface area contributed by atoms with Crippen molar-refractivity contribution in [3.63, 3.8) is 0 Å². The molecule has 8 heteroatoms. The van der Waals surface area contributed by atoms with Gasteiger partial charge in [0, 0.05) is 29.8 Å². The highest BCUT2D eigenvalue weighted by Gasteiger charge is 2.20. The van der Waals surface area contributed by atoms with E-state index in [1.54, 1.807) is 30.3 Å². The number of carbonyl (C=O) groups excluding carboxylic acids is 1. The molecule has 1 aliphatic heterocycles. The number of ether oxygens (including phenoxy) is 2. The highest BCUT2D eigenvalue weighted by Crippen LogP contribution is 2.32. The van der Waals surface area contributed by atoms with E-state index in [1.807, 2.05) is 0 Å². The van der Waals surface area contributed by atoms with Crippen molar-refractivity contribution in [3.8, 4) is 11.5 Å². The Hall–Kier alpha value is -2.74. The third-order valence-electron chi connectivity index (χ3n) is 5.87. The van der Waals surface area contributed by atoms with E-state index in [4.69, 9.17) is 9.47 Å². The molecule has 2 N–H and O–H groups in total. The third kappa shape index (κ3) is 5.73. The van der Waals surface area contributed by atoms with Crippen LogP contribution in [0.1, 0.15) is 61.7 Å². The summed E-state index contributed by atoms with van der Waals surface area (Å²) >= 11 is 0. The quantitative estimate of drug-likeness (QED) is 0.688. The van der Waals surface area contributed by atoms with Gasteiger partial charge in [0.2, 0.25) is 0 Å². The zero-order valence-electron chi connectivity index (χ0n) is 18.1. The summed E-state index contributed by atoms with van der Waals surface area (Å²) in [5, 5.41) is 3.13. The minimum atomic E-state index is -3.81. The Bertz CT molecular complexity index is 1030. The van der Waals surface area contributed by atoms with Crippen LogP contribution in [0.4, 0.5) is 5.69 Å². The van der Waals surface area contributed by atoms with Crippen molar-refractivity contribution in [1.82, 2.24) is 5.32 Å². The van der Waals surface area contributed by atoms with Crippen molar-refractivity contribution in [1.29, 1.82) is 0 Å². The van der Waals surface area contributed by atoms with Crippen LogP contribution in [-0.2, 0) is 10.0 Å². The molecule has 1 aliphatic carbocycles. The van der Waals surface area contributed by atoms with Crippen LogP contribution in [0.5, 0.6) is 11.5 Å². The Morgan fingerprint density at radius 2 is 1.47 bits per heavy atom. The minimum absolute atomic E-state index is 0.0906. The summed E-state index contributed by atoms with van der Waals surface area (Å²) in [7, 11) is -3.81. The first-order valence-corrected chi connectivity index (χ1v) is 12.8. The normalized spacial score (nSPS) is 17.5. The van der Waals surface area contributed by atoms with E-state index in [9.17, 15) is 13.2 Å². The molecule has 0 aromatic heterocycles. The van der Waals surface area contributed by atoms with E-state index >= 15 is 0 Å². The van der Waals surface area contributed by atoms with E-state index in [0.29, 0.717) is 36.0 Å². The van der Waals surface area contributed by atoms with Gasteiger partial charge in [-0.2, -0.15) is 0 Å². The zero-order valence-corrected chi connectivity index (χ0v) is 19.0. The Labute approximate surface area is 189 Å². The van der Waals surface area contributed by atoms with Crippen molar-refractivity contribution in [2.24, 2.45) is 0 Å². The van der Waals surface area contributed by atoms with Gasteiger partial charge in [0.1, 0.15) is 0 Å². The fourth-order valence-electron chi connectivity index (χ4n) is 4.08. The summed E-state index contributed by atoms with van der Waals surface area (Å²) in [6.45, 7) is 1.02. The second-order valence-electron chi connectivity index (χ2n) is 8.36. The Morgan fingerprint density at radius 1 is 0.812 bits per heavy atom. The molecule has 4 rings (SSSR count). The van der Waals surface area contributed by atoms with Gasteiger partial charge in [0.15, 0.2) is 11.5 Å². The maximum Gasteiger partial charge on any atom is 0.262 e. The fourth-order valence-corrected chi connectivity index (χ4v) is 5.16. The van der Waals surface area contributed by atoms with Crippen molar-refractivity contribution in [3.05, 3.63) is 48.0 Å². The molecular formula is C24H30N2O5S. The maximum atomic E-state index is 12.8. The summed E-state index contributed by atoms with van der Waals surface area (Å²) in [5.74, 6) is 0.848. The van der Waals surface area contributed by atoms with E-state index < -0.39 is 10.0 Å². The van der Waals surface area contributed by atoms with Gasteiger partial charge in [0.05, 0.1) is 18.1 Å². The lowest BCUT2D eigenvalue weighted by molar-refractivity contribution is 0.0930. The number of sulfonamides is 1. The molecule has 1 fully saturated rings. The van der Waals surface area contributed by atoms with Gasteiger partial charge in [-0.25, -0.2) is 8.42 Å². The van der Waals surface area contributed by atoms with Crippen LogP contribution in [0.15, 0.2) is 47.4 Å². The number of benzene rings is 2. The van der Waals surface area contributed by atoms with Crippen LogP contribution in [0.2, 0.25) is 0 Å². The third-order valence-corrected chi connectivity index (χ3v) is 7.25. The van der Waals surface area contributed by atoms with Crippen molar-refractivity contribution in [2.45, 2.75) is 62.3 Å². The highest BCUT2D eigenvalue weighted by molar-refractivity contribution is 7.92. The summed E-state index contributed by atoms with van der Waals surface area (Å²) in [4.78, 5) is 12.7. The van der Waals surface area contributed by atoms with Crippen molar-refractivity contribution >= 4 is 21.6 Å². The number of hydrogen-bond acceptors (Lipinski definition) is 5. The maximum absolute atomic E-state index is 12.8. The van der Waals surface area contributed by atoms with E-state index in [0.717, 1.165) is 32.1 Å². The van der Waals surface area contributed by atoms with Crippen LogP contribution >= 0.6 is 0 Å². The molecule has 1 heterocycles. The van der Waals surface area contributed by atoms with Crippen molar-refractivity contribution in [2.75, 3.05) is 17.9 Å². The summed E-state index contributed by atoms with van der Waals surface area (Å²) in [6, 6.07) is 11.3. The molecule has 0 atom stereocenters. The molecule has 0 spiro atoms. The van der Waals surface area contributed by atoms with Gasteiger partial charge < -0.3 is 14.8 Å². The van der Waals surface area contributed by atoms with Crippen LogP contribution in [0.3, 0.4) is 0 Å². The predicted molar refractivity (Wildman–Crippen MR) is 123 cm³/mol. The average molecular weight is 459 g/mol. The van der Waals surface area contributed by atoms with E-state index in [1.165, 1.54) is 31.4 Å². The smallest absolute Gasteiger partial charge is 0.262 e. The number of anilines is 1.